The number of ether oxygens (including phenoxy) is 1. The van der Waals surface area contributed by atoms with Gasteiger partial charge in [0.2, 0.25) is 0 Å². The Bertz CT molecular complexity index is 643. The molecule has 0 amide bonds. The van der Waals surface area contributed by atoms with Crippen LogP contribution in [-0.4, -0.2) is 12.1 Å². The van der Waals surface area contributed by atoms with Gasteiger partial charge in [-0.05, 0) is 12.1 Å². The van der Waals surface area contributed by atoms with E-state index in [1.165, 1.54) is 13.2 Å². The maximum atomic E-state index is 13.2. The molecule has 0 unspecified atom stereocenters. The highest BCUT2D eigenvalue weighted by Gasteiger charge is 2.34. The minimum Gasteiger partial charge on any atom is -0.378 e. The monoisotopic (exact) mass is 380 g/mol. The molecule has 3 nitrogen and oxygen atoms in total. The van der Waals surface area contributed by atoms with Gasteiger partial charge in [0.25, 0.3) is 0 Å². The lowest BCUT2D eigenvalue weighted by atomic mass is 10.1. The third-order valence-corrected chi connectivity index (χ3v) is 4.41. The Morgan fingerprint density at radius 3 is 2.67 bits per heavy atom. The van der Waals surface area contributed by atoms with Crippen LogP contribution in [0.2, 0.25) is 0 Å². The first-order valence-electron chi connectivity index (χ1n) is 5.91. The largest absolute Gasteiger partial charge is 0.417 e. The molecule has 0 spiro atoms. The average molecular weight is 381 g/mol. The molecule has 2 N–H and O–H groups in total. The summed E-state index contributed by atoms with van der Waals surface area (Å²) in [5.41, 5.74) is 5.51. The number of rotatable bonds is 4. The lowest BCUT2D eigenvalue weighted by molar-refractivity contribution is -0.137. The zero-order chi connectivity index (χ0) is 15.6. The van der Waals surface area contributed by atoms with Gasteiger partial charge in [-0.2, -0.15) is 13.2 Å². The number of thiazole rings is 1. The minimum absolute atomic E-state index is 0.0488. The zero-order valence-electron chi connectivity index (χ0n) is 11.0. The van der Waals surface area contributed by atoms with E-state index in [9.17, 15) is 13.2 Å². The van der Waals surface area contributed by atoms with Gasteiger partial charge in [0, 0.05) is 28.6 Å². The Hall–Kier alpha value is -0.960. The molecular weight excluding hydrogens is 369 g/mol. The summed E-state index contributed by atoms with van der Waals surface area (Å²) in [4.78, 5) is 4.97. The third kappa shape index (κ3) is 3.63. The van der Waals surface area contributed by atoms with Gasteiger partial charge >= 0.3 is 6.18 Å². The van der Waals surface area contributed by atoms with Gasteiger partial charge in [0.1, 0.15) is 5.01 Å². The quantitative estimate of drug-likeness (QED) is 0.864. The van der Waals surface area contributed by atoms with Crippen molar-refractivity contribution in [1.82, 2.24) is 4.98 Å². The fourth-order valence-corrected chi connectivity index (χ4v) is 3.19. The normalized spacial score (nSPS) is 11.9. The highest BCUT2D eigenvalue weighted by molar-refractivity contribution is 9.10. The molecule has 0 radical (unpaired) electrons. The Kier molecular flexibility index (Phi) is 5.03. The molecule has 8 heteroatoms. The summed E-state index contributed by atoms with van der Waals surface area (Å²) >= 11 is 4.22. The second kappa shape index (κ2) is 6.43. The van der Waals surface area contributed by atoms with E-state index in [4.69, 9.17) is 10.5 Å². The van der Waals surface area contributed by atoms with Gasteiger partial charge in [-0.15, -0.1) is 11.3 Å². The van der Waals surface area contributed by atoms with Crippen LogP contribution >= 0.6 is 27.3 Å². The average Bonchev–Trinajstić information content (AvgIpc) is 2.81. The summed E-state index contributed by atoms with van der Waals surface area (Å²) in [7, 11) is 1.50. The Balaban J connectivity index is 2.56. The Labute approximate surface area is 132 Å². The number of alkyl halides is 3. The van der Waals surface area contributed by atoms with Crippen molar-refractivity contribution < 1.29 is 17.9 Å². The number of nitrogens with zero attached hydrogens (tertiary/aromatic N) is 1. The van der Waals surface area contributed by atoms with Crippen LogP contribution in [0.3, 0.4) is 0 Å². The fraction of sp³-hybridized carbons (Fsp3) is 0.308. The summed E-state index contributed by atoms with van der Waals surface area (Å²) in [6.45, 7) is 0.440. The molecule has 0 aliphatic heterocycles. The van der Waals surface area contributed by atoms with Crippen molar-refractivity contribution in [2.45, 2.75) is 19.3 Å². The smallest absolute Gasteiger partial charge is 0.378 e. The van der Waals surface area contributed by atoms with Crippen LogP contribution in [0.25, 0.3) is 10.6 Å². The molecule has 1 heterocycles. The van der Waals surface area contributed by atoms with Crippen LogP contribution in [0.15, 0.2) is 22.7 Å². The lowest BCUT2D eigenvalue weighted by Crippen LogP contribution is -2.07. The van der Waals surface area contributed by atoms with Crippen molar-refractivity contribution in [3.8, 4) is 10.6 Å². The number of benzene rings is 1. The number of halogens is 4. The molecule has 2 aromatic rings. The van der Waals surface area contributed by atoms with Crippen molar-refractivity contribution in [3.05, 3.63) is 38.8 Å². The number of hydrogen-bond donors (Lipinski definition) is 1. The standard InChI is InChI=1S/C13H12BrF3N2OS/c1-20-6-10-11(5-18)21-12(19-10)8-3-2-7(14)4-9(8)13(15,16)17/h2-4H,5-6,18H2,1H3. The highest BCUT2D eigenvalue weighted by atomic mass is 79.9. The number of nitrogens with two attached hydrogens (primary N) is 1. The number of methoxy groups -OCH3 is 1. The van der Waals surface area contributed by atoms with E-state index in [0.717, 1.165) is 22.3 Å². The molecule has 0 fully saturated rings. The summed E-state index contributed by atoms with van der Waals surface area (Å²) in [6.07, 6.45) is -4.45. The molecule has 0 saturated carbocycles. The summed E-state index contributed by atoms with van der Waals surface area (Å²) < 4.78 is 44.8. The van der Waals surface area contributed by atoms with E-state index in [1.54, 1.807) is 6.07 Å². The van der Waals surface area contributed by atoms with E-state index >= 15 is 0 Å². The van der Waals surface area contributed by atoms with E-state index in [-0.39, 0.29) is 18.7 Å². The summed E-state index contributed by atoms with van der Waals surface area (Å²) in [6, 6.07) is 4.02. The van der Waals surface area contributed by atoms with Crippen molar-refractivity contribution in [2.75, 3.05) is 7.11 Å². The first-order valence-corrected chi connectivity index (χ1v) is 7.52. The molecule has 0 bridgehead atoms. The molecule has 0 aliphatic carbocycles. The van der Waals surface area contributed by atoms with Crippen LogP contribution in [0.4, 0.5) is 13.2 Å². The van der Waals surface area contributed by atoms with E-state index in [2.05, 4.69) is 20.9 Å². The number of aromatic nitrogens is 1. The maximum absolute atomic E-state index is 13.2. The van der Waals surface area contributed by atoms with Gasteiger partial charge in [-0.1, -0.05) is 22.0 Å². The fourth-order valence-electron chi connectivity index (χ4n) is 1.85. The number of hydrogen-bond acceptors (Lipinski definition) is 4. The van der Waals surface area contributed by atoms with Gasteiger partial charge in [0.15, 0.2) is 0 Å². The molecule has 1 aromatic carbocycles. The van der Waals surface area contributed by atoms with Crippen LogP contribution < -0.4 is 5.73 Å². The van der Waals surface area contributed by atoms with Crippen LogP contribution in [0, 0.1) is 0 Å². The van der Waals surface area contributed by atoms with Crippen LogP contribution in [0.1, 0.15) is 16.1 Å². The topological polar surface area (TPSA) is 48.1 Å². The first kappa shape index (κ1) is 16.4. The maximum Gasteiger partial charge on any atom is 0.417 e. The molecule has 0 atom stereocenters. The predicted octanol–water partition coefficient (Wildman–Crippen LogP) is 4.20. The van der Waals surface area contributed by atoms with Crippen molar-refractivity contribution in [2.24, 2.45) is 5.73 Å². The summed E-state index contributed by atoms with van der Waals surface area (Å²) in [5, 5.41) is 0.294. The van der Waals surface area contributed by atoms with Crippen molar-refractivity contribution in [1.29, 1.82) is 0 Å². The molecule has 114 valence electrons. The molecule has 2 rings (SSSR count). The van der Waals surface area contributed by atoms with E-state index < -0.39 is 11.7 Å². The molecule has 0 aliphatic rings. The van der Waals surface area contributed by atoms with Gasteiger partial charge in [-0.3, -0.25) is 0 Å². The lowest BCUT2D eigenvalue weighted by Gasteiger charge is -2.11. The zero-order valence-corrected chi connectivity index (χ0v) is 13.4. The second-order valence-electron chi connectivity index (χ2n) is 4.21. The van der Waals surface area contributed by atoms with Gasteiger partial charge in [-0.25, -0.2) is 4.98 Å². The van der Waals surface area contributed by atoms with Crippen LogP contribution in [0.5, 0.6) is 0 Å². The SMILES string of the molecule is COCc1nc(-c2ccc(Br)cc2C(F)(F)F)sc1CN. The van der Waals surface area contributed by atoms with Crippen molar-refractivity contribution in [3.63, 3.8) is 0 Å². The third-order valence-electron chi connectivity index (χ3n) is 2.76. The van der Waals surface area contributed by atoms with E-state index in [0.29, 0.717) is 15.2 Å². The van der Waals surface area contributed by atoms with Crippen molar-refractivity contribution >= 4 is 27.3 Å². The molecule has 21 heavy (non-hydrogen) atoms. The minimum atomic E-state index is -4.45. The van der Waals surface area contributed by atoms with Gasteiger partial charge < -0.3 is 10.5 Å². The van der Waals surface area contributed by atoms with E-state index in [1.807, 2.05) is 0 Å². The molecule has 0 saturated heterocycles. The second-order valence-corrected chi connectivity index (χ2v) is 6.21. The predicted molar refractivity (Wildman–Crippen MR) is 78.9 cm³/mol. The summed E-state index contributed by atoms with van der Waals surface area (Å²) in [5.74, 6) is 0. The van der Waals surface area contributed by atoms with Crippen LogP contribution in [-0.2, 0) is 24.1 Å². The molecular formula is C13H12BrF3N2OS. The first-order chi connectivity index (χ1) is 9.86. The molecule has 1 aromatic heterocycles. The highest BCUT2D eigenvalue weighted by Crippen LogP contribution is 2.40. The Morgan fingerprint density at radius 2 is 2.10 bits per heavy atom. The van der Waals surface area contributed by atoms with Gasteiger partial charge in [0.05, 0.1) is 17.9 Å². The Morgan fingerprint density at radius 1 is 1.38 bits per heavy atom.